The van der Waals surface area contributed by atoms with Gasteiger partial charge in [0.1, 0.15) is 5.82 Å². The molecule has 1 aromatic heterocycles. The second kappa shape index (κ2) is 6.26. The second-order valence-corrected chi connectivity index (χ2v) is 5.16. The Morgan fingerprint density at radius 2 is 1.67 bits per heavy atom. The second-order valence-electron chi connectivity index (χ2n) is 5.16. The molecule has 0 radical (unpaired) electrons. The van der Waals surface area contributed by atoms with Gasteiger partial charge in [0, 0.05) is 45.8 Å². The minimum atomic E-state index is -0.163. The molecule has 2 aromatic rings. The zero-order chi connectivity index (χ0) is 15.4. The molecule has 2 rings (SSSR count). The maximum atomic E-state index is 12.4. The van der Waals surface area contributed by atoms with E-state index in [1.54, 1.807) is 18.3 Å². The molecule has 21 heavy (non-hydrogen) atoms. The fourth-order valence-corrected chi connectivity index (χ4v) is 1.97. The molecule has 1 aromatic carbocycles. The number of benzene rings is 1. The van der Waals surface area contributed by atoms with Crippen molar-refractivity contribution in [2.45, 2.75) is 0 Å². The van der Waals surface area contributed by atoms with Crippen LogP contribution in [0.5, 0.6) is 0 Å². The highest BCUT2D eigenvalue weighted by atomic mass is 16.1. The Hall–Kier alpha value is -2.56. The molecule has 0 fully saturated rings. The summed E-state index contributed by atoms with van der Waals surface area (Å²) in [5, 5.41) is 2.90. The van der Waals surface area contributed by atoms with Crippen LogP contribution in [0, 0.1) is 0 Å². The van der Waals surface area contributed by atoms with E-state index in [0.29, 0.717) is 11.4 Å². The molecule has 0 saturated heterocycles. The Morgan fingerprint density at radius 3 is 2.24 bits per heavy atom. The van der Waals surface area contributed by atoms with Gasteiger partial charge in [-0.1, -0.05) is 0 Å². The van der Waals surface area contributed by atoms with E-state index in [2.05, 4.69) is 10.3 Å². The van der Waals surface area contributed by atoms with Gasteiger partial charge in [-0.25, -0.2) is 4.98 Å². The van der Waals surface area contributed by atoms with E-state index >= 15 is 0 Å². The molecule has 5 heteroatoms. The predicted octanol–water partition coefficient (Wildman–Crippen LogP) is 2.47. The molecule has 110 valence electrons. The number of anilines is 3. The van der Waals surface area contributed by atoms with Gasteiger partial charge < -0.3 is 15.1 Å². The van der Waals surface area contributed by atoms with Crippen molar-refractivity contribution >= 4 is 23.1 Å². The van der Waals surface area contributed by atoms with Gasteiger partial charge in [-0.15, -0.1) is 0 Å². The van der Waals surface area contributed by atoms with Gasteiger partial charge in [-0.3, -0.25) is 4.79 Å². The average molecular weight is 284 g/mol. The number of amides is 1. The van der Waals surface area contributed by atoms with Gasteiger partial charge in [0.2, 0.25) is 0 Å². The molecule has 0 aliphatic carbocycles. The number of nitrogens with zero attached hydrogens (tertiary/aromatic N) is 3. The minimum absolute atomic E-state index is 0.163. The van der Waals surface area contributed by atoms with E-state index in [4.69, 9.17) is 0 Å². The number of carbonyl (C=O) groups excluding carboxylic acids is 1. The molecule has 0 unspecified atom stereocenters. The van der Waals surface area contributed by atoms with E-state index in [1.165, 1.54) is 0 Å². The molecule has 5 nitrogen and oxygen atoms in total. The van der Waals surface area contributed by atoms with Crippen molar-refractivity contribution in [1.29, 1.82) is 0 Å². The number of hydrogen-bond donors (Lipinski definition) is 1. The van der Waals surface area contributed by atoms with Gasteiger partial charge in [-0.05, 0) is 36.4 Å². The Labute approximate surface area is 125 Å². The van der Waals surface area contributed by atoms with Crippen LogP contribution >= 0.6 is 0 Å². The Bertz CT molecular complexity index is 620. The van der Waals surface area contributed by atoms with E-state index in [0.717, 1.165) is 11.4 Å². The molecular weight excluding hydrogens is 264 g/mol. The molecule has 0 saturated carbocycles. The molecule has 0 aliphatic heterocycles. The van der Waals surface area contributed by atoms with Gasteiger partial charge in [-0.2, -0.15) is 0 Å². The van der Waals surface area contributed by atoms with Crippen LogP contribution in [0.4, 0.5) is 17.2 Å². The van der Waals surface area contributed by atoms with E-state index in [9.17, 15) is 4.79 Å². The quantitative estimate of drug-likeness (QED) is 0.937. The third-order valence-electron chi connectivity index (χ3n) is 3.10. The number of carbonyl (C=O) groups is 1. The van der Waals surface area contributed by atoms with Gasteiger partial charge in [0.05, 0.1) is 5.56 Å². The number of pyridine rings is 1. The fourth-order valence-electron chi connectivity index (χ4n) is 1.97. The van der Waals surface area contributed by atoms with Crippen LogP contribution < -0.4 is 15.1 Å². The Morgan fingerprint density at radius 1 is 1.00 bits per heavy atom. The first-order valence-corrected chi connectivity index (χ1v) is 6.70. The van der Waals surface area contributed by atoms with Crippen molar-refractivity contribution in [2.24, 2.45) is 0 Å². The molecule has 0 bridgehead atoms. The highest BCUT2D eigenvalue weighted by Gasteiger charge is 2.13. The monoisotopic (exact) mass is 284 g/mol. The lowest BCUT2D eigenvalue weighted by Gasteiger charge is -2.16. The first-order chi connectivity index (χ1) is 9.99. The van der Waals surface area contributed by atoms with E-state index in [-0.39, 0.29) is 5.91 Å². The van der Waals surface area contributed by atoms with E-state index < -0.39 is 0 Å². The normalized spacial score (nSPS) is 10.1. The van der Waals surface area contributed by atoms with Gasteiger partial charge >= 0.3 is 0 Å². The maximum Gasteiger partial charge on any atom is 0.259 e. The van der Waals surface area contributed by atoms with Crippen LogP contribution in [0.3, 0.4) is 0 Å². The van der Waals surface area contributed by atoms with Crippen LogP contribution in [-0.4, -0.2) is 39.1 Å². The summed E-state index contributed by atoms with van der Waals surface area (Å²) in [6.07, 6.45) is 1.68. The average Bonchev–Trinajstić information content (AvgIpc) is 2.47. The molecule has 1 N–H and O–H groups in total. The summed E-state index contributed by atoms with van der Waals surface area (Å²) < 4.78 is 0. The Kier molecular flexibility index (Phi) is 4.42. The summed E-state index contributed by atoms with van der Waals surface area (Å²) in [7, 11) is 7.69. The van der Waals surface area contributed by atoms with Crippen LogP contribution in [0.25, 0.3) is 0 Å². The maximum absolute atomic E-state index is 12.4. The van der Waals surface area contributed by atoms with Crippen molar-refractivity contribution in [3.05, 3.63) is 48.2 Å². The first kappa shape index (κ1) is 14.8. The van der Waals surface area contributed by atoms with Crippen LogP contribution in [0.15, 0.2) is 42.6 Å². The van der Waals surface area contributed by atoms with Gasteiger partial charge in [0.15, 0.2) is 0 Å². The number of nitrogens with one attached hydrogen (secondary N) is 1. The Balaban J connectivity index is 2.18. The molecule has 1 heterocycles. The molecule has 0 atom stereocenters. The summed E-state index contributed by atoms with van der Waals surface area (Å²) >= 11 is 0. The van der Waals surface area contributed by atoms with Crippen molar-refractivity contribution in [3.8, 4) is 0 Å². The standard InChI is InChI=1S/C16H20N4O/c1-19(2)13-9-7-12(8-10-13)18-16(21)14-6-5-11-17-15(14)20(3)4/h5-11H,1-4H3,(H,18,21). The predicted molar refractivity (Wildman–Crippen MR) is 87.3 cm³/mol. The molecule has 0 aliphatic rings. The molecule has 0 spiro atoms. The molecule has 1 amide bonds. The third-order valence-corrected chi connectivity index (χ3v) is 3.10. The number of hydrogen-bond acceptors (Lipinski definition) is 4. The zero-order valence-electron chi connectivity index (χ0n) is 12.8. The van der Waals surface area contributed by atoms with Crippen molar-refractivity contribution in [1.82, 2.24) is 4.98 Å². The summed E-state index contributed by atoms with van der Waals surface area (Å²) in [6.45, 7) is 0. The smallest absolute Gasteiger partial charge is 0.259 e. The van der Waals surface area contributed by atoms with Crippen molar-refractivity contribution < 1.29 is 4.79 Å². The van der Waals surface area contributed by atoms with Gasteiger partial charge in [0.25, 0.3) is 5.91 Å². The summed E-state index contributed by atoms with van der Waals surface area (Å²) in [4.78, 5) is 20.4. The topological polar surface area (TPSA) is 48.5 Å². The van der Waals surface area contributed by atoms with E-state index in [1.807, 2.05) is 62.3 Å². The summed E-state index contributed by atoms with van der Waals surface area (Å²) in [6, 6.07) is 11.2. The zero-order valence-corrected chi connectivity index (χ0v) is 12.8. The lowest BCUT2D eigenvalue weighted by molar-refractivity contribution is 0.102. The van der Waals surface area contributed by atoms with Crippen molar-refractivity contribution in [2.75, 3.05) is 43.3 Å². The lowest BCUT2D eigenvalue weighted by Crippen LogP contribution is -2.19. The van der Waals surface area contributed by atoms with Crippen LogP contribution in [-0.2, 0) is 0 Å². The number of rotatable bonds is 4. The SMILES string of the molecule is CN(C)c1ccc(NC(=O)c2cccnc2N(C)C)cc1. The lowest BCUT2D eigenvalue weighted by atomic mass is 10.2. The minimum Gasteiger partial charge on any atom is -0.378 e. The number of aromatic nitrogens is 1. The summed E-state index contributed by atoms with van der Waals surface area (Å²) in [5.41, 5.74) is 2.40. The van der Waals surface area contributed by atoms with Crippen LogP contribution in [0.1, 0.15) is 10.4 Å². The largest absolute Gasteiger partial charge is 0.378 e. The molecular formula is C16H20N4O. The highest BCUT2D eigenvalue weighted by Crippen LogP contribution is 2.19. The fraction of sp³-hybridized carbons (Fsp3) is 0.250. The summed E-state index contributed by atoms with van der Waals surface area (Å²) in [5.74, 6) is 0.490. The van der Waals surface area contributed by atoms with Crippen LogP contribution in [0.2, 0.25) is 0 Å². The first-order valence-electron chi connectivity index (χ1n) is 6.70. The van der Waals surface area contributed by atoms with Crippen molar-refractivity contribution in [3.63, 3.8) is 0 Å². The third kappa shape index (κ3) is 3.51. The highest BCUT2D eigenvalue weighted by molar-refractivity contribution is 6.07.